The molecular weight excluding hydrogens is 233 g/mol. The zero-order valence-corrected chi connectivity index (χ0v) is 9.63. The molecule has 6 heteroatoms. The molecule has 0 aliphatic carbocycles. The molecular formula is C12H10FN5. The van der Waals surface area contributed by atoms with Crippen LogP contribution in [-0.4, -0.2) is 26.8 Å². The smallest absolute Gasteiger partial charge is 0.168 e. The molecule has 0 amide bonds. The molecule has 0 saturated carbocycles. The van der Waals surface area contributed by atoms with Crippen LogP contribution in [0.4, 0.5) is 10.2 Å². The summed E-state index contributed by atoms with van der Waals surface area (Å²) in [7, 11) is 1.79. The zero-order chi connectivity index (χ0) is 12.5. The van der Waals surface area contributed by atoms with Gasteiger partial charge in [0.15, 0.2) is 5.65 Å². The van der Waals surface area contributed by atoms with Gasteiger partial charge in [-0.3, -0.25) is 0 Å². The topological polar surface area (TPSA) is 55.6 Å². The van der Waals surface area contributed by atoms with E-state index in [2.05, 4.69) is 20.4 Å². The summed E-state index contributed by atoms with van der Waals surface area (Å²) < 4.78 is 14.5. The molecule has 3 rings (SSSR count). The van der Waals surface area contributed by atoms with Gasteiger partial charge in [-0.15, -0.1) is 0 Å². The van der Waals surface area contributed by atoms with Gasteiger partial charge in [-0.1, -0.05) is 0 Å². The second kappa shape index (κ2) is 4.06. The molecule has 5 nitrogen and oxygen atoms in total. The molecule has 0 atom stereocenters. The maximum atomic E-state index is 12.9. The molecule has 0 aliphatic rings. The number of benzene rings is 1. The first-order valence-corrected chi connectivity index (χ1v) is 5.42. The van der Waals surface area contributed by atoms with Crippen molar-refractivity contribution in [3.8, 4) is 5.69 Å². The van der Waals surface area contributed by atoms with Gasteiger partial charge in [0.05, 0.1) is 17.3 Å². The average molecular weight is 243 g/mol. The number of nitrogens with zero attached hydrogens (tertiary/aromatic N) is 4. The van der Waals surface area contributed by atoms with Gasteiger partial charge in [-0.2, -0.15) is 5.10 Å². The quantitative estimate of drug-likeness (QED) is 0.748. The lowest BCUT2D eigenvalue weighted by molar-refractivity contribution is 0.627. The van der Waals surface area contributed by atoms with E-state index < -0.39 is 0 Å². The Morgan fingerprint density at radius 3 is 2.67 bits per heavy atom. The number of aromatic nitrogens is 4. The second-order valence-electron chi connectivity index (χ2n) is 3.74. The number of hydrogen-bond donors (Lipinski definition) is 1. The Balaban J connectivity index is 2.21. The van der Waals surface area contributed by atoms with Gasteiger partial charge in [0.25, 0.3) is 0 Å². The van der Waals surface area contributed by atoms with Gasteiger partial charge in [0, 0.05) is 7.05 Å². The lowest BCUT2D eigenvalue weighted by Gasteiger charge is -2.03. The second-order valence-corrected chi connectivity index (χ2v) is 3.74. The highest BCUT2D eigenvalue weighted by Crippen LogP contribution is 2.20. The molecule has 0 bridgehead atoms. The Bertz CT molecular complexity index is 689. The summed E-state index contributed by atoms with van der Waals surface area (Å²) in [6.45, 7) is 0. The van der Waals surface area contributed by atoms with E-state index >= 15 is 0 Å². The first-order valence-electron chi connectivity index (χ1n) is 5.42. The van der Waals surface area contributed by atoms with Gasteiger partial charge in [-0.25, -0.2) is 19.0 Å². The fourth-order valence-electron chi connectivity index (χ4n) is 1.81. The van der Waals surface area contributed by atoms with Crippen molar-refractivity contribution in [1.29, 1.82) is 0 Å². The first-order chi connectivity index (χ1) is 8.79. The van der Waals surface area contributed by atoms with E-state index in [9.17, 15) is 4.39 Å². The highest BCUT2D eigenvalue weighted by Gasteiger charge is 2.09. The summed E-state index contributed by atoms with van der Waals surface area (Å²) in [5.41, 5.74) is 1.44. The third-order valence-corrected chi connectivity index (χ3v) is 2.67. The maximum Gasteiger partial charge on any atom is 0.168 e. The number of nitrogens with one attached hydrogen (secondary N) is 1. The van der Waals surface area contributed by atoms with Crippen LogP contribution in [0.5, 0.6) is 0 Å². The Labute approximate surface area is 102 Å². The molecule has 18 heavy (non-hydrogen) atoms. The molecule has 0 spiro atoms. The van der Waals surface area contributed by atoms with Crippen LogP contribution in [0.15, 0.2) is 36.8 Å². The average Bonchev–Trinajstić information content (AvgIpc) is 2.83. The normalized spacial score (nSPS) is 10.8. The molecule has 0 aliphatic heterocycles. The van der Waals surface area contributed by atoms with E-state index in [1.165, 1.54) is 18.5 Å². The molecule has 3 aromatic rings. The van der Waals surface area contributed by atoms with Crippen molar-refractivity contribution in [2.45, 2.75) is 0 Å². The van der Waals surface area contributed by atoms with E-state index in [4.69, 9.17) is 0 Å². The summed E-state index contributed by atoms with van der Waals surface area (Å²) in [6.07, 6.45) is 3.15. The van der Waals surface area contributed by atoms with Gasteiger partial charge in [0.1, 0.15) is 18.0 Å². The number of hydrogen-bond acceptors (Lipinski definition) is 4. The summed E-state index contributed by atoms with van der Waals surface area (Å²) >= 11 is 0. The minimum Gasteiger partial charge on any atom is -0.372 e. The van der Waals surface area contributed by atoms with E-state index in [-0.39, 0.29) is 5.82 Å². The van der Waals surface area contributed by atoms with Crippen molar-refractivity contribution in [3.63, 3.8) is 0 Å². The van der Waals surface area contributed by atoms with Crippen LogP contribution in [-0.2, 0) is 0 Å². The standard InChI is InChI=1S/C12H10FN5/c1-14-11-10-6-17-18(12(10)16-7-15-11)9-4-2-8(13)3-5-9/h2-7H,1H3,(H,14,15,16). The maximum absolute atomic E-state index is 12.9. The van der Waals surface area contributed by atoms with Crippen LogP contribution >= 0.6 is 0 Å². The van der Waals surface area contributed by atoms with Gasteiger partial charge in [-0.05, 0) is 24.3 Å². The highest BCUT2D eigenvalue weighted by molar-refractivity contribution is 5.86. The Kier molecular flexibility index (Phi) is 2.40. The fraction of sp³-hybridized carbons (Fsp3) is 0.0833. The minimum absolute atomic E-state index is 0.277. The van der Waals surface area contributed by atoms with E-state index in [1.807, 2.05) is 0 Å². The lowest BCUT2D eigenvalue weighted by atomic mass is 10.3. The van der Waals surface area contributed by atoms with Crippen molar-refractivity contribution in [2.24, 2.45) is 0 Å². The van der Waals surface area contributed by atoms with Crippen LogP contribution in [0.2, 0.25) is 0 Å². The molecule has 1 aromatic carbocycles. The van der Waals surface area contributed by atoms with Crippen molar-refractivity contribution < 1.29 is 4.39 Å². The summed E-state index contributed by atoms with van der Waals surface area (Å²) in [4.78, 5) is 8.32. The highest BCUT2D eigenvalue weighted by atomic mass is 19.1. The van der Waals surface area contributed by atoms with Crippen molar-refractivity contribution >= 4 is 16.9 Å². The third-order valence-electron chi connectivity index (χ3n) is 2.67. The number of rotatable bonds is 2. The van der Waals surface area contributed by atoms with E-state index in [0.29, 0.717) is 11.5 Å². The molecule has 90 valence electrons. The third kappa shape index (κ3) is 1.58. The van der Waals surface area contributed by atoms with Crippen LogP contribution in [0.25, 0.3) is 16.7 Å². The number of fused-ring (bicyclic) bond motifs is 1. The predicted octanol–water partition coefficient (Wildman–Crippen LogP) is 2.00. The van der Waals surface area contributed by atoms with Gasteiger partial charge >= 0.3 is 0 Å². The van der Waals surface area contributed by atoms with Gasteiger partial charge in [0.2, 0.25) is 0 Å². The van der Waals surface area contributed by atoms with E-state index in [1.54, 1.807) is 30.1 Å². The zero-order valence-electron chi connectivity index (χ0n) is 9.63. The van der Waals surface area contributed by atoms with Crippen molar-refractivity contribution in [1.82, 2.24) is 19.7 Å². The monoisotopic (exact) mass is 243 g/mol. The number of anilines is 1. The fourth-order valence-corrected chi connectivity index (χ4v) is 1.81. The summed E-state index contributed by atoms with van der Waals surface area (Å²) in [5, 5.41) is 8.06. The van der Waals surface area contributed by atoms with Crippen molar-refractivity contribution in [2.75, 3.05) is 12.4 Å². The largest absolute Gasteiger partial charge is 0.372 e. The Hall–Kier alpha value is -2.50. The Morgan fingerprint density at radius 1 is 1.17 bits per heavy atom. The molecule has 1 N–H and O–H groups in total. The molecule has 0 unspecified atom stereocenters. The summed E-state index contributed by atoms with van der Waals surface area (Å²) in [6, 6.07) is 6.10. The molecule has 0 fully saturated rings. The molecule has 0 saturated heterocycles. The lowest BCUT2D eigenvalue weighted by Crippen LogP contribution is -1.99. The Morgan fingerprint density at radius 2 is 1.94 bits per heavy atom. The van der Waals surface area contributed by atoms with Crippen LogP contribution in [0.3, 0.4) is 0 Å². The van der Waals surface area contributed by atoms with Crippen LogP contribution in [0.1, 0.15) is 0 Å². The van der Waals surface area contributed by atoms with Gasteiger partial charge < -0.3 is 5.32 Å². The number of halogens is 1. The van der Waals surface area contributed by atoms with Crippen molar-refractivity contribution in [3.05, 3.63) is 42.6 Å². The molecule has 0 radical (unpaired) electrons. The summed E-state index contributed by atoms with van der Waals surface area (Å²) in [5.74, 6) is 0.439. The first kappa shape index (κ1) is 10.6. The SMILES string of the molecule is CNc1ncnc2c1cnn2-c1ccc(F)cc1. The van der Waals surface area contributed by atoms with Crippen LogP contribution < -0.4 is 5.32 Å². The molecule has 2 heterocycles. The van der Waals surface area contributed by atoms with Crippen LogP contribution in [0, 0.1) is 5.82 Å². The minimum atomic E-state index is -0.277. The predicted molar refractivity (Wildman–Crippen MR) is 66.2 cm³/mol. The molecule has 2 aromatic heterocycles. The van der Waals surface area contributed by atoms with E-state index in [0.717, 1.165) is 11.1 Å².